The van der Waals surface area contributed by atoms with Gasteiger partial charge in [-0.2, -0.15) is 0 Å². The van der Waals surface area contributed by atoms with E-state index in [0.29, 0.717) is 18.5 Å². The third-order valence-electron chi connectivity index (χ3n) is 1.84. The molecule has 3 nitrogen and oxygen atoms in total. The van der Waals surface area contributed by atoms with E-state index in [4.69, 9.17) is 9.78 Å². The van der Waals surface area contributed by atoms with Crippen molar-refractivity contribution < 1.29 is 14.6 Å². The molecule has 1 aliphatic rings. The van der Waals surface area contributed by atoms with Crippen molar-refractivity contribution in [3.05, 3.63) is 41.7 Å². The molecule has 0 fully saturated rings. The van der Waals surface area contributed by atoms with Gasteiger partial charge in [-0.05, 0) is 18.6 Å². The van der Waals surface area contributed by atoms with Gasteiger partial charge in [-0.15, -0.1) is 0 Å². The highest BCUT2D eigenvalue weighted by atomic mass is 17.2. The van der Waals surface area contributed by atoms with Crippen LogP contribution in [0.25, 0.3) is 0 Å². The van der Waals surface area contributed by atoms with E-state index >= 15 is 0 Å². The van der Waals surface area contributed by atoms with Crippen molar-refractivity contribution in [3.8, 4) is 5.75 Å². The van der Waals surface area contributed by atoms with E-state index in [1.807, 2.05) is 18.2 Å². The first-order valence-electron chi connectivity index (χ1n) is 3.98. The SMILES string of the molecule is O=CC1=CCc2ccccc2OO1. The van der Waals surface area contributed by atoms with E-state index in [9.17, 15) is 4.79 Å². The fourth-order valence-electron chi connectivity index (χ4n) is 1.16. The van der Waals surface area contributed by atoms with E-state index in [1.54, 1.807) is 12.1 Å². The molecule has 0 unspecified atom stereocenters. The van der Waals surface area contributed by atoms with Crippen molar-refractivity contribution >= 4 is 6.29 Å². The minimum atomic E-state index is 0.219. The lowest BCUT2D eigenvalue weighted by Gasteiger charge is -2.03. The van der Waals surface area contributed by atoms with Crippen molar-refractivity contribution in [1.29, 1.82) is 0 Å². The maximum atomic E-state index is 10.4. The second kappa shape index (κ2) is 3.31. The Balaban J connectivity index is 2.31. The maximum absolute atomic E-state index is 10.4. The van der Waals surface area contributed by atoms with Crippen LogP contribution in [-0.2, 0) is 16.1 Å². The van der Waals surface area contributed by atoms with Gasteiger partial charge in [0.2, 0.25) is 5.76 Å². The Bertz CT molecular complexity index is 355. The van der Waals surface area contributed by atoms with Crippen LogP contribution in [0.5, 0.6) is 5.75 Å². The molecule has 1 aromatic rings. The number of para-hydroxylation sites is 1. The fraction of sp³-hybridized carbons (Fsp3) is 0.100. The lowest BCUT2D eigenvalue weighted by molar-refractivity contribution is -0.168. The third kappa shape index (κ3) is 1.54. The monoisotopic (exact) mass is 176 g/mol. The van der Waals surface area contributed by atoms with E-state index in [2.05, 4.69) is 0 Å². The van der Waals surface area contributed by atoms with E-state index in [-0.39, 0.29) is 5.76 Å². The Morgan fingerprint density at radius 1 is 1.23 bits per heavy atom. The highest BCUT2D eigenvalue weighted by Gasteiger charge is 2.09. The number of carbonyl (C=O) groups excluding carboxylic acids is 1. The zero-order valence-corrected chi connectivity index (χ0v) is 6.90. The van der Waals surface area contributed by atoms with Crippen LogP contribution in [0.3, 0.4) is 0 Å². The quantitative estimate of drug-likeness (QED) is 0.482. The summed E-state index contributed by atoms with van der Waals surface area (Å²) in [6, 6.07) is 7.51. The molecule has 0 aliphatic carbocycles. The molecular weight excluding hydrogens is 168 g/mol. The number of aldehydes is 1. The van der Waals surface area contributed by atoms with Crippen molar-refractivity contribution in [3.63, 3.8) is 0 Å². The smallest absolute Gasteiger partial charge is 0.214 e. The van der Waals surface area contributed by atoms with Crippen LogP contribution in [0.4, 0.5) is 0 Å². The van der Waals surface area contributed by atoms with Crippen LogP contribution in [-0.4, -0.2) is 6.29 Å². The fourth-order valence-corrected chi connectivity index (χ4v) is 1.16. The zero-order chi connectivity index (χ0) is 9.10. The summed E-state index contributed by atoms with van der Waals surface area (Å²) in [5, 5.41) is 0. The van der Waals surface area contributed by atoms with Crippen molar-refractivity contribution in [1.82, 2.24) is 0 Å². The molecule has 2 rings (SSSR count). The molecular formula is C10H8O3. The standard InChI is InChI=1S/C10H8O3/c11-7-9-6-5-8-3-1-2-4-10(8)13-12-9/h1-4,6-7H,5H2. The summed E-state index contributed by atoms with van der Waals surface area (Å²) >= 11 is 0. The molecule has 0 amide bonds. The second-order valence-corrected chi connectivity index (χ2v) is 2.70. The zero-order valence-electron chi connectivity index (χ0n) is 6.90. The molecule has 1 aliphatic heterocycles. The van der Waals surface area contributed by atoms with Gasteiger partial charge in [0.05, 0.1) is 0 Å². The van der Waals surface area contributed by atoms with Gasteiger partial charge in [0.1, 0.15) is 0 Å². The van der Waals surface area contributed by atoms with Crippen LogP contribution in [0, 0.1) is 0 Å². The van der Waals surface area contributed by atoms with Crippen LogP contribution in [0.15, 0.2) is 36.1 Å². The molecule has 0 saturated heterocycles. The van der Waals surface area contributed by atoms with Gasteiger partial charge in [-0.25, -0.2) is 0 Å². The Hall–Kier alpha value is -1.77. The number of hydrogen-bond donors (Lipinski definition) is 0. The van der Waals surface area contributed by atoms with Crippen molar-refractivity contribution in [2.75, 3.05) is 0 Å². The summed E-state index contributed by atoms with van der Waals surface area (Å²) in [4.78, 5) is 20.1. The van der Waals surface area contributed by atoms with Crippen molar-refractivity contribution in [2.45, 2.75) is 6.42 Å². The first kappa shape index (κ1) is 7.86. The highest BCUT2D eigenvalue weighted by molar-refractivity contribution is 5.70. The van der Waals surface area contributed by atoms with Crippen LogP contribution < -0.4 is 4.89 Å². The summed E-state index contributed by atoms with van der Waals surface area (Å²) in [5.41, 5.74) is 1.01. The van der Waals surface area contributed by atoms with E-state index in [1.165, 1.54) is 0 Å². The first-order valence-corrected chi connectivity index (χ1v) is 3.98. The third-order valence-corrected chi connectivity index (χ3v) is 1.84. The number of rotatable bonds is 1. The molecule has 66 valence electrons. The highest BCUT2D eigenvalue weighted by Crippen LogP contribution is 2.22. The maximum Gasteiger partial charge on any atom is 0.214 e. The Labute approximate surface area is 75.5 Å². The summed E-state index contributed by atoms with van der Waals surface area (Å²) in [6.45, 7) is 0. The Morgan fingerprint density at radius 3 is 2.92 bits per heavy atom. The lowest BCUT2D eigenvalue weighted by Crippen LogP contribution is -1.96. The summed E-state index contributed by atoms with van der Waals surface area (Å²) < 4.78 is 0. The van der Waals surface area contributed by atoms with Crippen LogP contribution in [0.1, 0.15) is 5.56 Å². The summed E-state index contributed by atoms with van der Waals surface area (Å²) in [7, 11) is 0. The molecule has 1 heterocycles. The molecule has 0 radical (unpaired) electrons. The molecule has 0 N–H and O–H groups in total. The van der Waals surface area contributed by atoms with Gasteiger partial charge in [0.25, 0.3) is 0 Å². The van der Waals surface area contributed by atoms with Crippen LogP contribution in [0.2, 0.25) is 0 Å². The summed E-state index contributed by atoms with van der Waals surface area (Å²) in [6.07, 6.45) is 2.98. The molecule has 3 heteroatoms. The molecule has 0 aromatic heterocycles. The minimum absolute atomic E-state index is 0.219. The summed E-state index contributed by atoms with van der Waals surface area (Å²) in [5.74, 6) is 0.881. The van der Waals surface area contributed by atoms with Gasteiger partial charge in [-0.1, -0.05) is 18.2 Å². The predicted molar refractivity (Wildman–Crippen MR) is 46.0 cm³/mol. The Kier molecular flexibility index (Phi) is 2.00. The topological polar surface area (TPSA) is 35.5 Å². The number of hydrogen-bond acceptors (Lipinski definition) is 3. The van der Waals surface area contributed by atoms with Gasteiger partial charge in [0.15, 0.2) is 12.0 Å². The largest absolute Gasteiger partial charge is 0.294 e. The molecule has 1 aromatic carbocycles. The predicted octanol–water partition coefficient (Wildman–Crippen LogP) is 1.64. The van der Waals surface area contributed by atoms with Gasteiger partial charge >= 0.3 is 0 Å². The van der Waals surface area contributed by atoms with Gasteiger partial charge in [0, 0.05) is 5.56 Å². The van der Waals surface area contributed by atoms with E-state index in [0.717, 1.165) is 5.56 Å². The second-order valence-electron chi connectivity index (χ2n) is 2.70. The number of allylic oxidation sites excluding steroid dienone is 2. The molecule has 0 saturated carbocycles. The average Bonchev–Trinajstić information content (AvgIpc) is 2.39. The normalized spacial score (nSPS) is 14.3. The first-order chi connectivity index (χ1) is 6.40. The number of fused-ring (bicyclic) bond motifs is 1. The number of benzene rings is 1. The number of carbonyl (C=O) groups is 1. The molecule has 0 bridgehead atoms. The van der Waals surface area contributed by atoms with E-state index < -0.39 is 0 Å². The van der Waals surface area contributed by atoms with Crippen molar-refractivity contribution in [2.24, 2.45) is 0 Å². The van der Waals surface area contributed by atoms with Gasteiger partial charge < -0.3 is 0 Å². The molecule has 0 spiro atoms. The van der Waals surface area contributed by atoms with Gasteiger partial charge in [-0.3, -0.25) is 14.6 Å². The lowest BCUT2D eigenvalue weighted by atomic mass is 10.1. The van der Waals surface area contributed by atoms with Crippen LogP contribution >= 0.6 is 0 Å². The minimum Gasteiger partial charge on any atom is -0.294 e. The average molecular weight is 176 g/mol. The Morgan fingerprint density at radius 2 is 2.08 bits per heavy atom. The molecule has 13 heavy (non-hydrogen) atoms. The molecule has 0 atom stereocenters.